The largest absolute Gasteiger partial charge is 0.480 e. The molecular formula is C18H18N2O5. The topological polar surface area (TPSA) is 96.9 Å². The molecule has 0 unspecified atom stereocenters. The number of ether oxygens (including phenoxy) is 2. The zero-order valence-electron chi connectivity index (χ0n) is 13.4. The van der Waals surface area contributed by atoms with Crippen molar-refractivity contribution in [2.24, 2.45) is 0 Å². The molecule has 7 nitrogen and oxygen atoms in total. The number of hydrogen-bond donors (Lipinski definition) is 3. The Labute approximate surface area is 144 Å². The van der Waals surface area contributed by atoms with Crippen molar-refractivity contribution in [1.29, 1.82) is 0 Å². The number of amides is 1. The molecule has 3 N–H and O–H groups in total. The van der Waals surface area contributed by atoms with Crippen LogP contribution in [0.1, 0.15) is 12.0 Å². The van der Waals surface area contributed by atoms with Gasteiger partial charge in [0.05, 0.1) is 6.42 Å². The standard InChI is InChI=1S/C18H18N2O5/c21-17(20-13-6-7-15-16(8-13)25-11-24-15)9-14(18(22)23)19-10-12-4-2-1-3-5-12/h1-8,14,19H,9-11H2,(H,20,21)(H,22,23)/t14-/m1/s1. The van der Waals surface area contributed by atoms with Gasteiger partial charge in [-0.2, -0.15) is 0 Å². The van der Waals surface area contributed by atoms with Crippen LogP contribution >= 0.6 is 0 Å². The third-order valence-electron chi connectivity index (χ3n) is 3.74. The Kier molecular flexibility index (Phi) is 5.15. The summed E-state index contributed by atoms with van der Waals surface area (Å²) in [4.78, 5) is 23.5. The number of rotatable bonds is 7. The van der Waals surface area contributed by atoms with Gasteiger partial charge in [-0.15, -0.1) is 0 Å². The van der Waals surface area contributed by atoms with E-state index in [9.17, 15) is 14.7 Å². The number of hydrogen-bond acceptors (Lipinski definition) is 5. The third kappa shape index (κ3) is 4.48. The smallest absolute Gasteiger partial charge is 0.321 e. The molecule has 1 aliphatic heterocycles. The highest BCUT2D eigenvalue weighted by Crippen LogP contribution is 2.34. The zero-order chi connectivity index (χ0) is 17.6. The van der Waals surface area contributed by atoms with Crippen LogP contribution in [-0.4, -0.2) is 29.8 Å². The first-order valence-electron chi connectivity index (χ1n) is 7.81. The van der Waals surface area contributed by atoms with Crippen LogP contribution in [0.15, 0.2) is 48.5 Å². The van der Waals surface area contributed by atoms with E-state index in [0.29, 0.717) is 23.7 Å². The molecule has 2 aromatic rings. The second kappa shape index (κ2) is 7.67. The number of nitrogens with one attached hydrogen (secondary N) is 2. The van der Waals surface area contributed by atoms with Crippen LogP contribution in [0, 0.1) is 0 Å². The maximum absolute atomic E-state index is 12.2. The minimum absolute atomic E-state index is 0.150. The molecule has 1 aliphatic rings. The van der Waals surface area contributed by atoms with Gasteiger partial charge < -0.3 is 19.9 Å². The van der Waals surface area contributed by atoms with Crippen molar-refractivity contribution in [3.8, 4) is 11.5 Å². The number of carboxylic acid groups (broad SMARTS) is 1. The number of carbonyl (C=O) groups excluding carboxylic acids is 1. The van der Waals surface area contributed by atoms with Crippen LogP contribution in [0.3, 0.4) is 0 Å². The first-order chi connectivity index (χ1) is 12.1. The quantitative estimate of drug-likeness (QED) is 0.712. The van der Waals surface area contributed by atoms with E-state index in [1.807, 2.05) is 30.3 Å². The fourth-order valence-corrected chi connectivity index (χ4v) is 2.46. The number of benzene rings is 2. The molecule has 1 amide bonds. The van der Waals surface area contributed by atoms with Crippen LogP contribution in [0.5, 0.6) is 11.5 Å². The summed E-state index contributed by atoms with van der Waals surface area (Å²) in [5.41, 5.74) is 1.48. The van der Waals surface area contributed by atoms with E-state index in [0.717, 1.165) is 5.56 Å². The van der Waals surface area contributed by atoms with Gasteiger partial charge in [-0.3, -0.25) is 14.9 Å². The van der Waals surface area contributed by atoms with Crippen molar-refractivity contribution in [3.05, 3.63) is 54.1 Å². The Bertz CT molecular complexity index is 763. The van der Waals surface area contributed by atoms with Gasteiger partial charge in [0.2, 0.25) is 12.7 Å². The first-order valence-corrected chi connectivity index (χ1v) is 7.81. The number of carboxylic acids is 1. The molecule has 0 spiro atoms. The van der Waals surface area contributed by atoms with Crippen LogP contribution < -0.4 is 20.1 Å². The molecule has 3 rings (SSSR count). The molecule has 0 aromatic heterocycles. The highest BCUT2D eigenvalue weighted by Gasteiger charge is 2.21. The van der Waals surface area contributed by atoms with Crippen molar-refractivity contribution >= 4 is 17.6 Å². The second-order valence-corrected chi connectivity index (χ2v) is 5.58. The summed E-state index contributed by atoms with van der Waals surface area (Å²) < 4.78 is 10.5. The molecule has 0 aliphatic carbocycles. The average Bonchev–Trinajstić information content (AvgIpc) is 3.07. The second-order valence-electron chi connectivity index (χ2n) is 5.58. The van der Waals surface area contributed by atoms with Crippen LogP contribution in [0.2, 0.25) is 0 Å². The average molecular weight is 342 g/mol. The van der Waals surface area contributed by atoms with E-state index in [1.54, 1.807) is 18.2 Å². The SMILES string of the molecule is O=C(C[C@@H](NCc1ccccc1)C(=O)O)Nc1ccc2c(c1)OCO2. The normalized spacial score (nSPS) is 13.3. The van der Waals surface area contributed by atoms with Gasteiger partial charge in [0.15, 0.2) is 11.5 Å². The molecular weight excluding hydrogens is 324 g/mol. The molecule has 2 aromatic carbocycles. The lowest BCUT2D eigenvalue weighted by Gasteiger charge is -2.14. The minimum atomic E-state index is -1.07. The highest BCUT2D eigenvalue weighted by molar-refractivity contribution is 5.94. The highest BCUT2D eigenvalue weighted by atomic mass is 16.7. The van der Waals surface area contributed by atoms with Crippen molar-refractivity contribution in [3.63, 3.8) is 0 Å². The van der Waals surface area contributed by atoms with Crippen LogP contribution in [-0.2, 0) is 16.1 Å². The lowest BCUT2D eigenvalue weighted by atomic mass is 10.1. The maximum Gasteiger partial charge on any atom is 0.321 e. The molecule has 0 saturated carbocycles. The fraction of sp³-hybridized carbons (Fsp3) is 0.222. The molecule has 0 fully saturated rings. The molecule has 7 heteroatoms. The molecule has 0 saturated heterocycles. The summed E-state index contributed by atoms with van der Waals surface area (Å²) in [5, 5.41) is 14.9. The van der Waals surface area contributed by atoms with Gasteiger partial charge in [-0.25, -0.2) is 0 Å². The Morgan fingerprint density at radius 1 is 1.08 bits per heavy atom. The van der Waals surface area contributed by atoms with Crippen molar-refractivity contribution < 1.29 is 24.2 Å². The van der Waals surface area contributed by atoms with E-state index in [1.165, 1.54) is 0 Å². The minimum Gasteiger partial charge on any atom is -0.480 e. The van der Waals surface area contributed by atoms with Crippen molar-refractivity contribution in [2.45, 2.75) is 19.0 Å². The van der Waals surface area contributed by atoms with Crippen LogP contribution in [0.25, 0.3) is 0 Å². The Morgan fingerprint density at radius 2 is 1.84 bits per heavy atom. The molecule has 1 atom stereocenters. The molecule has 0 radical (unpaired) electrons. The van der Waals surface area contributed by atoms with Crippen molar-refractivity contribution in [2.75, 3.05) is 12.1 Å². The Hall–Kier alpha value is -3.06. The van der Waals surface area contributed by atoms with Gasteiger partial charge in [-0.1, -0.05) is 30.3 Å². The van der Waals surface area contributed by atoms with E-state index < -0.39 is 17.9 Å². The number of carbonyl (C=O) groups is 2. The van der Waals surface area contributed by atoms with E-state index in [4.69, 9.17) is 9.47 Å². The summed E-state index contributed by atoms with van der Waals surface area (Å²) in [6.07, 6.45) is -0.184. The third-order valence-corrected chi connectivity index (χ3v) is 3.74. The maximum atomic E-state index is 12.2. The number of aliphatic carboxylic acids is 1. The molecule has 25 heavy (non-hydrogen) atoms. The van der Waals surface area contributed by atoms with Gasteiger partial charge in [0.25, 0.3) is 0 Å². The molecule has 0 bridgehead atoms. The predicted molar refractivity (Wildman–Crippen MR) is 90.5 cm³/mol. The summed E-state index contributed by atoms with van der Waals surface area (Å²) >= 11 is 0. The van der Waals surface area contributed by atoms with E-state index in [-0.39, 0.29) is 13.2 Å². The summed E-state index contributed by atoms with van der Waals surface area (Å²) in [5.74, 6) is -0.302. The summed E-state index contributed by atoms with van der Waals surface area (Å²) in [6.45, 7) is 0.520. The van der Waals surface area contributed by atoms with E-state index >= 15 is 0 Å². The molecule has 130 valence electrons. The zero-order valence-corrected chi connectivity index (χ0v) is 13.4. The van der Waals surface area contributed by atoms with Gasteiger partial charge in [0.1, 0.15) is 6.04 Å². The Morgan fingerprint density at radius 3 is 2.60 bits per heavy atom. The van der Waals surface area contributed by atoms with Gasteiger partial charge >= 0.3 is 5.97 Å². The lowest BCUT2D eigenvalue weighted by Crippen LogP contribution is -2.39. The fourth-order valence-electron chi connectivity index (χ4n) is 2.46. The van der Waals surface area contributed by atoms with Crippen LogP contribution in [0.4, 0.5) is 5.69 Å². The number of fused-ring (bicyclic) bond motifs is 1. The van der Waals surface area contributed by atoms with Gasteiger partial charge in [0, 0.05) is 18.3 Å². The molecule has 1 heterocycles. The Balaban J connectivity index is 1.56. The summed E-state index contributed by atoms with van der Waals surface area (Å²) in [6, 6.07) is 13.5. The van der Waals surface area contributed by atoms with E-state index in [2.05, 4.69) is 10.6 Å². The monoisotopic (exact) mass is 342 g/mol. The lowest BCUT2D eigenvalue weighted by molar-refractivity contribution is -0.141. The predicted octanol–water partition coefficient (Wildman–Crippen LogP) is 1.99. The first kappa shape index (κ1) is 16.8. The van der Waals surface area contributed by atoms with Gasteiger partial charge in [-0.05, 0) is 17.7 Å². The summed E-state index contributed by atoms with van der Waals surface area (Å²) in [7, 11) is 0. The number of anilines is 1. The van der Waals surface area contributed by atoms with Crippen molar-refractivity contribution in [1.82, 2.24) is 5.32 Å².